The molecule has 0 radical (unpaired) electrons. The van der Waals surface area contributed by atoms with Gasteiger partial charge in [0.1, 0.15) is 0 Å². The molecule has 72 valence electrons. The van der Waals surface area contributed by atoms with Crippen LogP contribution in [0.2, 0.25) is 0 Å². The number of hydrogen-bond acceptors (Lipinski definition) is 4. The second-order valence-electron chi connectivity index (χ2n) is 2.40. The standard InChI is InChI=1S/C8H16O4/c1-3-7(12-5-4-9)6-8(10)11-2/h7,9H,3-6H2,1-2H3. The van der Waals surface area contributed by atoms with Gasteiger partial charge in [-0.05, 0) is 6.42 Å². The molecular weight excluding hydrogens is 160 g/mol. The predicted octanol–water partition coefficient (Wildman–Crippen LogP) is 0.337. The van der Waals surface area contributed by atoms with Crippen molar-refractivity contribution in [2.24, 2.45) is 0 Å². The molecule has 0 aliphatic heterocycles. The minimum absolute atomic E-state index is 0.0162. The highest BCUT2D eigenvalue weighted by atomic mass is 16.5. The van der Waals surface area contributed by atoms with Crippen LogP contribution in [0.15, 0.2) is 0 Å². The summed E-state index contributed by atoms with van der Waals surface area (Å²) in [6.07, 6.45) is 0.867. The molecule has 0 amide bonds. The number of carbonyl (C=O) groups is 1. The van der Waals surface area contributed by atoms with E-state index in [1.54, 1.807) is 0 Å². The molecule has 0 heterocycles. The Morgan fingerprint density at radius 2 is 2.25 bits per heavy atom. The molecule has 0 aromatic carbocycles. The fourth-order valence-corrected chi connectivity index (χ4v) is 0.810. The van der Waals surface area contributed by atoms with E-state index in [2.05, 4.69) is 4.74 Å². The van der Waals surface area contributed by atoms with E-state index in [4.69, 9.17) is 9.84 Å². The van der Waals surface area contributed by atoms with Crippen molar-refractivity contribution in [3.05, 3.63) is 0 Å². The van der Waals surface area contributed by atoms with Crippen LogP contribution in [0.1, 0.15) is 19.8 Å². The summed E-state index contributed by atoms with van der Waals surface area (Å²) in [6.45, 7) is 2.18. The van der Waals surface area contributed by atoms with Crippen LogP contribution in [-0.2, 0) is 14.3 Å². The van der Waals surface area contributed by atoms with E-state index < -0.39 is 0 Å². The highest BCUT2D eigenvalue weighted by Gasteiger charge is 2.11. The number of carbonyl (C=O) groups excluding carboxylic acids is 1. The van der Waals surface area contributed by atoms with Crippen LogP contribution in [-0.4, -0.2) is 37.5 Å². The van der Waals surface area contributed by atoms with Gasteiger partial charge in [0.2, 0.25) is 0 Å². The quantitative estimate of drug-likeness (QED) is 0.593. The summed E-state index contributed by atoms with van der Waals surface area (Å²) in [7, 11) is 1.35. The van der Waals surface area contributed by atoms with Gasteiger partial charge in [0.25, 0.3) is 0 Å². The van der Waals surface area contributed by atoms with Crippen molar-refractivity contribution in [2.45, 2.75) is 25.9 Å². The van der Waals surface area contributed by atoms with Gasteiger partial charge in [-0.1, -0.05) is 6.92 Å². The van der Waals surface area contributed by atoms with Gasteiger partial charge in [0.05, 0.1) is 32.8 Å². The number of hydrogen-bond donors (Lipinski definition) is 1. The molecule has 0 aromatic rings. The molecule has 1 atom stereocenters. The van der Waals surface area contributed by atoms with Crippen LogP contribution in [0, 0.1) is 0 Å². The van der Waals surface area contributed by atoms with E-state index in [1.165, 1.54) is 7.11 Å². The second-order valence-corrected chi connectivity index (χ2v) is 2.40. The summed E-state index contributed by atoms with van der Waals surface area (Å²) in [4.78, 5) is 10.8. The number of ether oxygens (including phenoxy) is 2. The maximum atomic E-state index is 10.8. The molecule has 12 heavy (non-hydrogen) atoms. The molecule has 4 heteroatoms. The van der Waals surface area contributed by atoms with Gasteiger partial charge in [-0.15, -0.1) is 0 Å². The first-order valence-corrected chi connectivity index (χ1v) is 4.03. The Morgan fingerprint density at radius 3 is 2.67 bits per heavy atom. The lowest BCUT2D eigenvalue weighted by atomic mass is 10.2. The Balaban J connectivity index is 3.59. The molecule has 1 unspecified atom stereocenters. The van der Waals surface area contributed by atoms with E-state index in [-0.39, 0.29) is 31.7 Å². The molecule has 0 spiro atoms. The minimum Gasteiger partial charge on any atom is -0.469 e. The normalized spacial score (nSPS) is 12.6. The van der Waals surface area contributed by atoms with Gasteiger partial charge in [0, 0.05) is 0 Å². The fraction of sp³-hybridized carbons (Fsp3) is 0.875. The van der Waals surface area contributed by atoms with E-state index in [0.717, 1.165) is 6.42 Å². The summed E-state index contributed by atoms with van der Waals surface area (Å²) in [6, 6.07) is 0. The van der Waals surface area contributed by atoms with Crippen LogP contribution < -0.4 is 0 Å². The SMILES string of the molecule is CCC(CC(=O)OC)OCCO. The van der Waals surface area contributed by atoms with Crippen LogP contribution in [0.4, 0.5) is 0 Å². The maximum Gasteiger partial charge on any atom is 0.308 e. The van der Waals surface area contributed by atoms with Crippen molar-refractivity contribution < 1.29 is 19.4 Å². The highest BCUT2D eigenvalue weighted by Crippen LogP contribution is 2.03. The Labute approximate surface area is 72.5 Å². The molecule has 0 aliphatic rings. The minimum atomic E-state index is -0.278. The molecule has 0 saturated heterocycles. The zero-order valence-corrected chi connectivity index (χ0v) is 7.58. The van der Waals surface area contributed by atoms with Crippen molar-refractivity contribution in [1.29, 1.82) is 0 Å². The van der Waals surface area contributed by atoms with Crippen molar-refractivity contribution in [3.63, 3.8) is 0 Å². The third-order valence-corrected chi connectivity index (χ3v) is 1.52. The zero-order chi connectivity index (χ0) is 9.40. The summed E-state index contributed by atoms with van der Waals surface area (Å²) in [5, 5.41) is 8.46. The first-order chi connectivity index (χ1) is 5.74. The van der Waals surface area contributed by atoms with Gasteiger partial charge in [-0.25, -0.2) is 0 Å². The smallest absolute Gasteiger partial charge is 0.308 e. The average molecular weight is 176 g/mol. The summed E-state index contributed by atoms with van der Waals surface area (Å²) >= 11 is 0. The molecule has 4 nitrogen and oxygen atoms in total. The van der Waals surface area contributed by atoms with Crippen LogP contribution >= 0.6 is 0 Å². The number of methoxy groups -OCH3 is 1. The molecular formula is C8H16O4. The fourth-order valence-electron chi connectivity index (χ4n) is 0.810. The summed E-state index contributed by atoms with van der Waals surface area (Å²) in [5.41, 5.74) is 0. The predicted molar refractivity (Wildman–Crippen MR) is 43.7 cm³/mol. The van der Waals surface area contributed by atoms with Crippen molar-refractivity contribution >= 4 is 5.97 Å². The average Bonchev–Trinajstić information content (AvgIpc) is 2.11. The van der Waals surface area contributed by atoms with Gasteiger partial charge in [-0.3, -0.25) is 4.79 Å². The lowest BCUT2D eigenvalue weighted by Gasteiger charge is -2.13. The topological polar surface area (TPSA) is 55.8 Å². The first kappa shape index (κ1) is 11.4. The molecule has 1 N–H and O–H groups in total. The van der Waals surface area contributed by atoms with Crippen LogP contribution in [0.5, 0.6) is 0 Å². The van der Waals surface area contributed by atoms with Crippen LogP contribution in [0.25, 0.3) is 0 Å². The maximum absolute atomic E-state index is 10.8. The molecule has 0 rings (SSSR count). The molecule has 0 bridgehead atoms. The van der Waals surface area contributed by atoms with Crippen LogP contribution in [0.3, 0.4) is 0 Å². The highest BCUT2D eigenvalue weighted by molar-refractivity contribution is 5.69. The van der Waals surface area contributed by atoms with Gasteiger partial charge in [0.15, 0.2) is 0 Å². The molecule has 0 saturated carbocycles. The first-order valence-electron chi connectivity index (χ1n) is 4.03. The Morgan fingerprint density at radius 1 is 1.58 bits per heavy atom. The van der Waals surface area contributed by atoms with E-state index in [9.17, 15) is 4.79 Å². The number of aliphatic hydroxyl groups excluding tert-OH is 1. The lowest BCUT2D eigenvalue weighted by molar-refractivity contribution is -0.144. The number of aliphatic hydroxyl groups is 1. The Hall–Kier alpha value is -0.610. The molecule has 0 aromatic heterocycles. The second kappa shape index (κ2) is 7.06. The van der Waals surface area contributed by atoms with Gasteiger partial charge in [-0.2, -0.15) is 0 Å². The zero-order valence-electron chi connectivity index (χ0n) is 7.58. The van der Waals surface area contributed by atoms with Crippen molar-refractivity contribution in [1.82, 2.24) is 0 Å². The van der Waals surface area contributed by atoms with Gasteiger partial charge < -0.3 is 14.6 Å². The third kappa shape index (κ3) is 5.09. The molecule has 0 aliphatic carbocycles. The third-order valence-electron chi connectivity index (χ3n) is 1.52. The number of rotatable bonds is 6. The van der Waals surface area contributed by atoms with E-state index in [0.29, 0.717) is 0 Å². The van der Waals surface area contributed by atoms with Gasteiger partial charge >= 0.3 is 5.97 Å². The summed E-state index contributed by atoms with van der Waals surface area (Å²) in [5.74, 6) is -0.278. The number of esters is 1. The Kier molecular flexibility index (Phi) is 6.70. The summed E-state index contributed by atoms with van der Waals surface area (Å²) < 4.78 is 9.64. The largest absolute Gasteiger partial charge is 0.469 e. The van der Waals surface area contributed by atoms with E-state index in [1.807, 2.05) is 6.92 Å². The molecule has 0 fully saturated rings. The lowest BCUT2D eigenvalue weighted by Crippen LogP contribution is -2.19. The Bertz CT molecular complexity index is 124. The van der Waals surface area contributed by atoms with Crippen molar-refractivity contribution in [2.75, 3.05) is 20.3 Å². The monoisotopic (exact) mass is 176 g/mol. The van der Waals surface area contributed by atoms with E-state index >= 15 is 0 Å². The van der Waals surface area contributed by atoms with Crippen molar-refractivity contribution in [3.8, 4) is 0 Å².